The lowest BCUT2D eigenvalue weighted by atomic mass is 10.0. The Morgan fingerprint density at radius 1 is 1.08 bits per heavy atom. The van der Waals surface area contributed by atoms with Crippen LogP contribution in [-0.4, -0.2) is 21.0 Å². The van der Waals surface area contributed by atoms with Gasteiger partial charge in [-0.05, 0) is 56.2 Å². The molecule has 1 N–H and O–H groups in total. The molecule has 0 aliphatic heterocycles. The van der Waals surface area contributed by atoms with Crippen LogP contribution in [0.15, 0.2) is 48.5 Å². The van der Waals surface area contributed by atoms with Crippen LogP contribution in [0.5, 0.6) is 0 Å². The molecule has 1 aromatic heterocycles. The van der Waals surface area contributed by atoms with Crippen molar-refractivity contribution in [3.8, 4) is 0 Å². The van der Waals surface area contributed by atoms with E-state index in [4.69, 9.17) is 0 Å². The average Bonchev–Trinajstić information content (AvgIpc) is 3.05. The molecule has 138 valence electrons. The van der Waals surface area contributed by atoms with Crippen molar-refractivity contribution in [1.29, 1.82) is 0 Å². The van der Waals surface area contributed by atoms with Gasteiger partial charge in [-0.1, -0.05) is 24.3 Å². The van der Waals surface area contributed by atoms with Crippen molar-refractivity contribution >= 4 is 16.7 Å². The molecule has 0 radical (unpaired) electrons. The molecule has 0 amide bonds. The predicted octanol–water partition coefficient (Wildman–Crippen LogP) is 5.29. The maximum Gasteiger partial charge on any atom is 0.416 e. The maximum atomic E-state index is 12.7. The third-order valence-electron chi connectivity index (χ3n) is 4.50. The van der Waals surface area contributed by atoms with Gasteiger partial charge < -0.3 is 5.32 Å². The lowest BCUT2D eigenvalue weighted by Gasteiger charge is -2.22. The molecular weight excluding hydrogens is 341 g/mol. The first-order valence-corrected chi connectivity index (χ1v) is 8.62. The number of hydrogen-bond acceptors (Lipinski definition) is 3. The van der Waals surface area contributed by atoms with Crippen molar-refractivity contribution in [2.45, 2.75) is 44.9 Å². The lowest BCUT2D eigenvalue weighted by Crippen LogP contribution is -2.23. The Hall–Kier alpha value is -2.57. The van der Waals surface area contributed by atoms with Crippen LogP contribution in [0.25, 0.3) is 11.0 Å². The average molecular weight is 362 g/mol. The SMILES string of the molecule is CCC(CC(C)n1nnc2ccccc21)Nc1ccc(C(F)(F)F)cc1. The summed E-state index contributed by atoms with van der Waals surface area (Å²) < 4.78 is 39.9. The predicted molar refractivity (Wildman–Crippen MR) is 96.0 cm³/mol. The minimum Gasteiger partial charge on any atom is -0.382 e. The standard InChI is InChI=1S/C19H21F3N4/c1-3-15(23-16-10-8-14(9-11-16)19(20,21)22)12-13(2)26-18-7-5-4-6-17(18)24-25-26/h4-11,13,15,23H,3,12H2,1-2H3. The number of anilines is 1. The molecule has 2 atom stereocenters. The van der Waals surface area contributed by atoms with Crippen LogP contribution in [0, 0.1) is 0 Å². The number of para-hydroxylation sites is 1. The molecule has 0 fully saturated rings. The number of alkyl halides is 3. The first kappa shape index (κ1) is 18.2. The summed E-state index contributed by atoms with van der Waals surface area (Å²) in [4.78, 5) is 0. The molecule has 0 aliphatic carbocycles. The molecular formula is C19H21F3N4. The summed E-state index contributed by atoms with van der Waals surface area (Å²) in [5.41, 5.74) is 1.87. The monoisotopic (exact) mass is 362 g/mol. The Morgan fingerprint density at radius 2 is 1.77 bits per heavy atom. The highest BCUT2D eigenvalue weighted by Crippen LogP contribution is 2.30. The maximum absolute atomic E-state index is 12.7. The molecule has 7 heteroatoms. The van der Waals surface area contributed by atoms with Crippen LogP contribution in [0.4, 0.5) is 18.9 Å². The van der Waals surface area contributed by atoms with Gasteiger partial charge in [0.15, 0.2) is 0 Å². The molecule has 4 nitrogen and oxygen atoms in total. The van der Waals surface area contributed by atoms with Gasteiger partial charge in [0.2, 0.25) is 0 Å². The zero-order valence-corrected chi connectivity index (χ0v) is 14.7. The van der Waals surface area contributed by atoms with Crippen molar-refractivity contribution < 1.29 is 13.2 Å². The van der Waals surface area contributed by atoms with Gasteiger partial charge in [0.1, 0.15) is 5.52 Å². The Balaban J connectivity index is 1.69. The van der Waals surface area contributed by atoms with Crippen molar-refractivity contribution in [3.05, 3.63) is 54.1 Å². The van der Waals surface area contributed by atoms with E-state index in [1.807, 2.05) is 35.9 Å². The first-order chi connectivity index (χ1) is 12.4. The van der Waals surface area contributed by atoms with Crippen molar-refractivity contribution in [2.24, 2.45) is 0 Å². The number of nitrogens with zero attached hydrogens (tertiary/aromatic N) is 3. The molecule has 2 unspecified atom stereocenters. The fourth-order valence-electron chi connectivity index (χ4n) is 3.04. The van der Waals surface area contributed by atoms with Gasteiger partial charge in [-0.3, -0.25) is 0 Å². The number of hydrogen-bond donors (Lipinski definition) is 1. The topological polar surface area (TPSA) is 42.7 Å². The third-order valence-corrected chi connectivity index (χ3v) is 4.50. The highest BCUT2D eigenvalue weighted by atomic mass is 19.4. The summed E-state index contributed by atoms with van der Waals surface area (Å²) in [6.07, 6.45) is -2.69. The van der Waals surface area contributed by atoms with Gasteiger partial charge in [-0.15, -0.1) is 5.10 Å². The second kappa shape index (κ2) is 7.35. The summed E-state index contributed by atoms with van der Waals surface area (Å²) in [5, 5.41) is 11.7. The minimum absolute atomic E-state index is 0.106. The molecule has 1 heterocycles. The number of halogens is 3. The van der Waals surface area contributed by atoms with Gasteiger partial charge in [0.05, 0.1) is 17.1 Å². The van der Waals surface area contributed by atoms with Crippen LogP contribution < -0.4 is 5.32 Å². The number of benzene rings is 2. The van der Waals surface area contributed by atoms with E-state index < -0.39 is 11.7 Å². The van der Waals surface area contributed by atoms with Crippen molar-refractivity contribution in [3.63, 3.8) is 0 Å². The fourth-order valence-corrected chi connectivity index (χ4v) is 3.04. The van der Waals surface area contributed by atoms with Crippen molar-refractivity contribution in [2.75, 3.05) is 5.32 Å². The molecule has 26 heavy (non-hydrogen) atoms. The summed E-state index contributed by atoms with van der Waals surface area (Å²) in [6.45, 7) is 4.12. The highest BCUT2D eigenvalue weighted by Gasteiger charge is 2.30. The van der Waals surface area contributed by atoms with Crippen molar-refractivity contribution in [1.82, 2.24) is 15.0 Å². The van der Waals surface area contributed by atoms with Gasteiger partial charge in [-0.25, -0.2) is 4.68 Å². The van der Waals surface area contributed by atoms with E-state index in [9.17, 15) is 13.2 Å². The quantitative estimate of drug-likeness (QED) is 0.648. The van der Waals surface area contributed by atoms with Gasteiger partial charge in [-0.2, -0.15) is 13.2 Å². The molecule has 0 saturated carbocycles. The van der Waals surface area contributed by atoms with Crippen LogP contribution in [0.3, 0.4) is 0 Å². The molecule has 0 aliphatic rings. The number of aromatic nitrogens is 3. The summed E-state index contributed by atoms with van der Waals surface area (Å²) in [7, 11) is 0. The molecule has 2 aromatic carbocycles. The summed E-state index contributed by atoms with van der Waals surface area (Å²) in [5.74, 6) is 0. The Kier molecular flexibility index (Phi) is 5.15. The second-order valence-corrected chi connectivity index (χ2v) is 6.43. The molecule has 3 rings (SSSR count). The molecule has 0 bridgehead atoms. The van der Waals surface area contributed by atoms with Gasteiger partial charge in [0, 0.05) is 11.7 Å². The number of fused-ring (bicyclic) bond motifs is 1. The first-order valence-electron chi connectivity index (χ1n) is 8.62. The Bertz CT molecular complexity index is 855. The number of nitrogens with one attached hydrogen (secondary N) is 1. The van der Waals surface area contributed by atoms with E-state index in [0.717, 1.165) is 36.0 Å². The van der Waals surface area contributed by atoms with E-state index in [1.54, 1.807) is 0 Å². The summed E-state index contributed by atoms with van der Waals surface area (Å²) in [6, 6.07) is 13.1. The largest absolute Gasteiger partial charge is 0.416 e. The van der Waals surface area contributed by atoms with Gasteiger partial charge in [0.25, 0.3) is 0 Å². The Morgan fingerprint density at radius 3 is 2.42 bits per heavy atom. The van der Waals surface area contributed by atoms with E-state index in [0.29, 0.717) is 5.69 Å². The smallest absolute Gasteiger partial charge is 0.382 e. The summed E-state index contributed by atoms with van der Waals surface area (Å²) >= 11 is 0. The molecule has 0 saturated heterocycles. The van der Waals surface area contributed by atoms with Crippen LogP contribution in [-0.2, 0) is 6.18 Å². The zero-order valence-electron chi connectivity index (χ0n) is 14.7. The van der Waals surface area contributed by atoms with E-state index in [-0.39, 0.29) is 12.1 Å². The number of rotatable bonds is 6. The minimum atomic E-state index is -4.31. The lowest BCUT2D eigenvalue weighted by molar-refractivity contribution is -0.137. The highest BCUT2D eigenvalue weighted by molar-refractivity contribution is 5.73. The Labute approximate surface area is 150 Å². The van der Waals surface area contributed by atoms with Crippen LogP contribution in [0.1, 0.15) is 38.3 Å². The van der Waals surface area contributed by atoms with E-state index in [2.05, 4.69) is 22.6 Å². The normalized spacial score (nSPS) is 14.3. The van der Waals surface area contributed by atoms with E-state index in [1.165, 1.54) is 12.1 Å². The molecule has 3 aromatic rings. The second-order valence-electron chi connectivity index (χ2n) is 6.43. The third kappa shape index (κ3) is 3.98. The fraction of sp³-hybridized carbons (Fsp3) is 0.368. The molecule has 0 spiro atoms. The zero-order chi connectivity index (χ0) is 18.7. The van der Waals surface area contributed by atoms with Gasteiger partial charge >= 0.3 is 6.18 Å². The van der Waals surface area contributed by atoms with Crippen LogP contribution in [0.2, 0.25) is 0 Å². The van der Waals surface area contributed by atoms with Crippen LogP contribution >= 0.6 is 0 Å². The van der Waals surface area contributed by atoms with E-state index >= 15 is 0 Å².